The number of sulfonamides is 1. The molecule has 4 N–H and O–H groups in total. The quantitative estimate of drug-likeness (QED) is 0.236. The summed E-state index contributed by atoms with van der Waals surface area (Å²) in [7, 11) is -3.97. The highest BCUT2D eigenvalue weighted by atomic mass is 32.2. The van der Waals surface area contributed by atoms with Crippen LogP contribution in [0.15, 0.2) is 67.3 Å². The number of nitrogens with one attached hydrogen (secondary N) is 2. The van der Waals surface area contributed by atoms with E-state index in [-0.39, 0.29) is 19.4 Å². The lowest BCUT2D eigenvalue weighted by Crippen LogP contribution is -2.59. The number of carbonyl (C=O) groups excluding carboxylic acids is 3. The summed E-state index contributed by atoms with van der Waals surface area (Å²) < 4.78 is 34.9. The second-order valence-corrected chi connectivity index (χ2v) is 17.9. The van der Waals surface area contributed by atoms with E-state index in [1.54, 1.807) is 6.08 Å². The molecule has 4 aliphatic rings. The van der Waals surface area contributed by atoms with Crippen molar-refractivity contribution in [3.05, 3.63) is 67.3 Å². The third-order valence-corrected chi connectivity index (χ3v) is 13.1. The number of aromatic nitrogens is 2. The highest BCUT2D eigenvalue weighted by Gasteiger charge is 2.64. The molecule has 2 aromatic carbocycles. The summed E-state index contributed by atoms with van der Waals surface area (Å²) in [5.41, 5.74) is 5.82. The molecule has 5 atom stereocenters. The zero-order valence-corrected chi connectivity index (χ0v) is 30.1. The maximum atomic E-state index is 14.2. The number of likely N-dealkylation sites (tertiary alicyclic amines) is 1. The Morgan fingerprint density at radius 1 is 1.08 bits per heavy atom. The molecule has 3 saturated carbocycles. The van der Waals surface area contributed by atoms with Gasteiger partial charge < -0.3 is 20.7 Å². The fraction of sp³-hybridized carbons (Fsp3) is 0.500. The Balaban J connectivity index is 1.15. The number of hydrogen-bond donors (Lipinski definition) is 3. The van der Waals surface area contributed by atoms with Gasteiger partial charge in [-0.3, -0.25) is 19.1 Å². The SMILES string of the molecule is C=C[C@@H]1C[C@]1(NC(=O)[C@@H]1C[C@@H](Oc2nc(-c3ccccc3)nc3ccccc23)CN1C(=O)[C@@H](N)C(C)(C)C)C(=O)NS(=O)(=O)C1(CC2CC2)CC1. The molecule has 12 nitrogen and oxygen atoms in total. The number of nitrogens with two attached hydrogens (primary N) is 1. The van der Waals surface area contributed by atoms with Crippen molar-refractivity contribution in [3.63, 3.8) is 0 Å². The molecule has 3 aliphatic carbocycles. The topological polar surface area (TPSA) is 174 Å². The summed E-state index contributed by atoms with van der Waals surface area (Å²) in [5, 5.41) is 3.54. The molecule has 0 unspecified atom stereocenters. The molecule has 4 fully saturated rings. The fourth-order valence-corrected chi connectivity index (χ4v) is 8.90. The summed E-state index contributed by atoms with van der Waals surface area (Å²) in [6, 6.07) is 15.0. The molecule has 0 bridgehead atoms. The predicted octanol–water partition coefficient (Wildman–Crippen LogP) is 3.86. The van der Waals surface area contributed by atoms with Crippen molar-refractivity contribution in [2.75, 3.05) is 6.54 Å². The van der Waals surface area contributed by atoms with Crippen LogP contribution in [0.2, 0.25) is 0 Å². The lowest BCUT2D eigenvalue weighted by atomic mass is 9.86. The van der Waals surface area contributed by atoms with Gasteiger partial charge in [-0.2, -0.15) is 4.98 Å². The highest BCUT2D eigenvalue weighted by molar-refractivity contribution is 7.91. The minimum atomic E-state index is -3.97. The number of fused-ring (bicyclic) bond motifs is 1. The van der Waals surface area contributed by atoms with Gasteiger partial charge in [0.15, 0.2) is 5.82 Å². The monoisotopic (exact) mass is 714 g/mol. The first-order valence-corrected chi connectivity index (χ1v) is 19.2. The van der Waals surface area contributed by atoms with Gasteiger partial charge in [0.2, 0.25) is 27.7 Å². The first-order valence-electron chi connectivity index (χ1n) is 17.7. The zero-order chi connectivity index (χ0) is 36.3. The summed E-state index contributed by atoms with van der Waals surface area (Å²) in [6.07, 6.45) is 4.75. The molecular weight excluding hydrogens is 669 g/mol. The van der Waals surface area contributed by atoms with Crippen LogP contribution in [0.25, 0.3) is 22.3 Å². The smallest absolute Gasteiger partial charge is 0.259 e. The average molecular weight is 715 g/mol. The molecule has 13 heteroatoms. The number of hydrogen-bond acceptors (Lipinski definition) is 9. The molecule has 0 radical (unpaired) electrons. The molecular formula is C38H46N6O6S. The van der Waals surface area contributed by atoms with Crippen molar-refractivity contribution in [1.82, 2.24) is 24.9 Å². The Labute approximate surface area is 298 Å². The van der Waals surface area contributed by atoms with Crippen LogP contribution in [0.4, 0.5) is 0 Å². The average Bonchev–Trinajstić information content (AvgIpc) is 4.05. The molecule has 1 saturated heterocycles. The standard InChI is InChI=1S/C38H46N6O6S/c1-5-25-21-38(25,35(47)43-51(48,49)37(17-18-37)20-23-15-16-23)42-32(45)29-19-26(22-44(29)34(46)30(39)36(2,3)4)50-33-27-13-9-10-14-28(27)40-31(41-33)24-11-7-6-8-12-24/h5-14,23,25-26,29-30H,1,15-22,39H2,2-4H3,(H,42,45)(H,43,47)/t25-,26-,29+,30-,38-/m1/s1. The summed E-state index contributed by atoms with van der Waals surface area (Å²) in [5.74, 6) is -1.12. The number of benzene rings is 2. The molecule has 270 valence electrons. The number of rotatable bonds is 12. The second kappa shape index (κ2) is 12.7. The number of ether oxygens (including phenoxy) is 1. The first kappa shape index (κ1) is 35.1. The maximum absolute atomic E-state index is 14.2. The molecule has 3 amide bonds. The van der Waals surface area contributed by atoms with Gasteiger partial charge in [0.05, 0.1) is 28.2 Å². The van der Waals surface area contributed by atoms with Gasteiger partial charge in [-0.15, -0.1) is 6.58 Å². The van der Waals surface area contributed by atoms with E-state index in [4.69, 9.17) is 20.4 Å². The van der Waals surface area contributed by atoms with Crippen molar-refractivity contribution in [2.45, 2.75) is 94.2 Å². The van der Waals surface area contributed by atoms with E-state index < -0.39 is 67.6 Å². The van der Waals surface area contributed by atoms with Gasteiger partial charge in [0.1, 0.15) is 17.7 Å². The van der Waals surface area contributed by atoms with Crippen LogP contribution in [-0.4, -0.2) is 76.0 Å². The molecule has 1 aliphatic heterocycles. The number of amides is 3. The third-order valence-electron chi connectivity index (χ3n) is 10.9. The molecule has 1 aromatic heterocycles. The van der Waals surface area contributed by atoms with Gasteiger partial charge in [0.25, 0.3) is 5.91 Å². The van der Waals surface area contributed by atoms with E-state index in [0.717, 1.165) is 18.4 Å². The van der Waals surface area contributed by atoms with Crippen molar-refractivity contribution in [1.29, 1.82) is 0 Å². The van der Waals surface area contributed by atoms with Crippen molar-refractivity contribution < 1.29 is 27.5 Å². The summed E-state index contributed by atoms with van der Waals surface area (Å²) in [4.78, 5) is 52.9. The zero-order valence-electron chi connectivity index (χ0n) is 29.3. The van der Waals surface area contributed by atoms with Crippen LogP contribution in [0.1, 0.15) is 65.7 Å². The van der Waals surface area contributed by atoms with E-state index in [1.165, 1.54) is 4.90 Å². The van der Waals surface area contributed by atoms with Gasteiger partial charge >= 0.3 is 0 Å². The number of carbonyl (C=O) groups is 3. The number of nitrogens with zero attached hydrogens (tertiary/aromatic N) is 3. The number of para-hydroxylation sites is 1. The van der Waals surface area contributed by atoms with Crippen LogP contribution >= 0.6 is 0 Å². The Hall–Kier alpha value is -4.36. The van der Waals surface area contributed by atoms with Crippen LogP contribution in [0.3, 0.4) is 0 Å². The van der Waals surface area contributed by atoms with E-state index in [9.17, 15) is 22.8 Å². The van der Waals surface area contributed by atoms with Gasteiger partial charge in [-0.1, -0.05) is 82.2 Å². The minimum absolute atomic E-state index is 0.0435. The highest BCUT2D eigenvalue weighted by Crippen LogP contribution is 2.53. The molecule has 7 rings (SSSR count). The van der Waals surface area contributed by atoms with Crippen molar-refractivity contribution in [3.8, 4) is 17.3 Å². The molecule has 3 aromatic rings. The Morgan fingerprint density at radius 2 is 1.76 bits per heavy atom. The largest absolute Gasteiger partial charge is 0.472 e. The fourth-order valence-electron chi connectivity index (χ4n) is 7.16. The first-order chi connectivity index (χ1) is 24.2. The lowest BCUT2D eigenvalue weighted by Gasteiger charge is -2.33. The third kappa shape index (κ3) is 6.73. The summed E-state index contributed by atoms with van der Waals surface area (Å²) in [6.45, 7) is 9.41. The Kier molecular flexibility index (Phi) is 8.73. The predicted molar refractivity (Wildman–Crippen MR) is 192 cm³/mol. The van der Waals surface area contributed by atoms with Gasteiger partial charge in [0, 0.05) is 17.9 Å². The molecule has 0 spiro atoms. The van der Waals surface area contributed by atoms with E-state index in [1.807, 2.05) is 75.4 Å². The van der Waals surface area contributed by atoms with Gasteiger partial charge in [-0.25, -0.2) is 13.4 Å². The second-order valence-electron chi connectivity index (χ2n) is 15.8. The van der Waals surface area contributed by atoms with Crippen LogP contribution in [0, 0.1) is 17.3 Å². The van der Waals surface area contributed by atoms with Gasteiger partial charge in [-0.05, 0) is 49.1 Å². The lowest BCUT2D eigenvalue weighted by molar-refractivity contribution is -0.142. The minimum Gasteiger partial charge on any atom is -0.472 e. The maximum Gasteiger partial charge on any atom is 0.259 e. The Morgan fingerprint density at radius 3 is 2.39 bits per heavy atom. The van der Waals surface area contributed by atoms with E-state index in [2.05, 4.69) is 16.6 Å². The van der Waals surface area contributed by atoms with Crippen molar-refractivity contribution >= 4 is 38.6 Å². The van der Waals surface area contributed by atoms with E-state index >= 15 is 0 Å². The normalized spacial score (nSPS) is 25.9. The Bertz CT molecular complexity index is 1990. The summed E-state index contributed by atoms with van der Waals surface area (Å²) >= 11 is 0. The van der Waals surface area contributed by atoms with E-state index in [0.29, 0.717) is 47.8 Å². The molecule has 2 heterocycles. The van der Waals surface area contributed by atoms with Crippen molar-refractivity contribution in [2.24, 2.45) is 23.0 Å². The van der Waals surface area contributed by atoms with Crippen LogP contribution < -0.4 is 20.5 Å². The molecule has 51 heavy (non-hydrogen) atoms. The van der Waals surface area contributed by atoms with Crippen LogP contribution in [-0.2, 0) is 24.4 Å². The van der Waals surface area contributed by atoms with Crippen LogP contribution in [0.5, 0.6) is 5.88 Å².